The van der Waals surface area contributed by atoms with Crippen LogP contribution in [-0.4, -0.2) is 61.3 Å². The van der Waals surface area contributed by atoms with Crippen LogP contribution in [0.3, 0.4) is 0 Å². The molecule has 0 bridgehead atoms. The zero-order valence-corrected chi connectivity index (χ0v) is 9.02. The Hall–Kier alpha value is -0.810. The summed E-state index contributed by atoms with van der Waals surface area (Å²) in [7, 11) is 0. The van der Waals surface area contributed by atoms with E-state index in [1.807, 2.05) is 0 Å². The predicted molar refractivity (Wildman–Crippen MR) is 56.6 cm³/mol. The second-order valence-corrected chi connectivity index (χ2v) is 4.21. The van der Waals surface area contributed by atoms with Gasteiger partial charge in [0.2, 0.25) is 0 Å². The molecular weight excluding hydrogens is 194 g/mol. The number of cyclic esters (lactones) is 1. The van der Waals surface area contributed by atoms with Crippen molar-refractivity contribution in [3.05, 3.63) is 0 Å². The van der Waals surface area contributed by atoms with Gasteiger partial charge in [0.1, 0.15) is 6.61 Å². The minimum absolute atomic E-state index is 0.0834. The van der Waals surface area contributed by atoms with Crippen LogP contribution in [0.25, 0.3) is 0 Å². The summed E-state index contributed by atoms with van der Waals surface area (Å²) >= 11 is 0. The maximum atomic E-state index is 11.4. The van der Waals surface area contributed by atoms with Gasteiger partial charge in [-0.2, -0.15) is 0 Å². The standard InChI is InChI=1S/C10H19N3O2/c11-7-9-8-15-10(14)13(9)6-5-12-3-1-2-4-12/h9H,1-8,11H2. The summed E-state index contributed by atoms with van der Waals surface area (Å²) in [6.07, 6.45) is 2.36. The highest BCUT2D eigenvalue weighted by atomic mass is 16.6. The van der Waals surface area contributed by atoms with E-state index in [1.54, 1.807) is 4.90 Å². The highest BCUT2D eigenvalue weighted by molar-refractivity contribution is 5.70. The molecule has 2 rings (SSSR count). The maximum absolute atomic E-state index is 11.4. The van der Waals surface area contributed by atoms with Crippen molar-refractivity contribution in [2.75, 3.05) is 39.3 Å². The second-order valence-electron chi connectivity index (χ2n) is 4.21. The summed E-state index contributed by atoms with van der Waals surface area (Å²) in [6.45, 7) is 4.97. The first-order valence-corrected chi connectivity index (χ1v) is 5.67. The molecule has 0 radical (unpaired) electrons. The lowest BCUT2D eigenvalue weighted by atomic mass is 10.3. The van der Waals surface area contributed by atoms with Gasteiger partial charge < -0.3 is 15.4 Å². The minimum Gasteiger partial charge on any atom is -0.447 e. The fourth-order valence-electron chi connectivity index (χ4n) is 2.21. The third-order valence-electron chi connectivity index (χ3n) is 3.20. The summed E-state index contributed by atoms with van der Waals surface area (Å²) in [6, 6.07) is 0.0834. The molecule has 1 atom stereocenters. The van der Waals surface area contributed by atoms with E-state index in [9.17, 15) is 4.79 Å². The lowest BCUT2D eigenvalue weighted by Gasteiger charge is -2.23. The molecule has 0 aromatic carbocycles. The van der Waals surface area contributed by atoms with E-state index in [2.05, 4.69) is 4.90 Å². The largest absolute Gasteiger partial charge is 0.447 e. The monoisotopic (exact) mass is 213 g/mol. The molecule has 0 aromatic heterocycles. The van der Waals surface area contributed by atoms with Crippen LogP contribution in [-0.2, 0) is 4.74 Å². The first-order valence-electron chi connectivity index (χ1n) is 5.67. The van der Waals surface area contributed by atoms with Crippen LogP contribution in [0.2, 0.25) is 0 Å². The third kappa shape index (κ3) is 2.41. The summed E-state index contributed by atoms with van der Waals surface area (Å²) in [4.78, 5) is 15.5. The molecule has 5 nitrogen and oxygen atoms in total. The van der Waals surface area contributed by atoms with Crippen molar-refractivity contribution in [3.8, 4) is 0 Å². The maximum Gasteiger partial charge on any atom is 0.410 e. The summed E-state index contributed by atoms with van der Waals surface area (Å²) in [5.74, 6) is 0. The number of carbonyl (C=O) groups excluding carboxylic acids is 1. The van der Waals surface area contributed by atoms with E-state index in [0.717, 1.165) is 26.2 Å². The summed E-state index contributed by atoms with van der Waals surface area (Å²) < 4.78 is 4.97. The first-order chi connectivity index (χ1) is 7.31. The molecule has 1 unspecified atom stereocenters. The van der Waals surface area contributed by atoms with Gasteiger partial charge in [0.25, 0.3) is 0 Å². The molecule has 2 aliphatic heterocycles. The lowest BCUT2D eigenvalue weighted by molar-refractivity contribution is 0.154. The molecule has 2 N–H and O–H groups in total. The van der Waals surface area contributed by atoms with Gasteiger partial charge in [0, 0.05) is 19.6 Å². The Bertz CT molecular complexity index is 229. The number of hydrogen-bond donors (Lipinski definition) is 1. The molecule has 2 heterocycles. The molecule has 2 aliphatic rings. The smallest absolute Gasteiger partial charge is 0.410 e. The molecule has 15 heavy (non-hydrogen) atoms. The molecule has 1 amide bonds. The Morgan fingerprint density at radius 1 is 1.33 bits per heavy atom. The zero-order valence-electron chi connectivity index (χ0n) is 9.02. The first kappa shape index (κ1) is 10.7. The van der Waals surface area contributed by atoms with Crippen molar-refractivity contribution < 1.29 is 9.53 Å². The molecule has 86 valence electrons. The second kappa shape index (κ2) is 4.81. The Labute approximate surface area is 90.1 Å². The minimum atomic E-state index is -0.204. The highest BCUT2D eigenvalue weighted by Gasteiger charge is 2.31. The molecule has 0 aromatic rings. The summed E-state index contributed by atoms with van der Waals surface area (Å²) in [5.41, 5.74) is 5.58. The number of hydrogen-bond acceptors (Lipinski definition) is 4. The van der Waals surface area contributed by atoms with Gasteiger partial charge in [-0.05, 0) is 25.9 Å². The van der Waals surface area contributed by atoms with Crippen molar-refractivity contribution in [2.45, 2.75) is 18.9 Å². The molecule has 5 heteroatoms. The van der Waals surface area contributed by atoms with Crippen LogP contribution >= 0.6 is 0 Å². The van der Waals surface area contributed by atoms with Gasteiger partial charge in [0.15, 0.2) is 0 Å². The Balaban J connectivity index is 1.78. The molecule has 0 aliphatic carbocycles. The van der Waals surface area contributed by atoms with Crippen molar-refractivity contribution in [2.24, 2.45) is 5.73 Å². The van der Waals surface area contributed by atoms with E-state index >= 15 is 0 Å². The van der Waals surface area contributed by atoms with E-state index in [-0.39, 0.29) is 12.1 Å². The Morgan fingerprint density at radius 3 is 2.73 bits per heavy atom. The number of rotatable bonds is 4. The normalized spacial score (nSPS) is 27.4. The van der Waals surface area contributed by atoms with E-state index in [1.165, 1.54) is 12.8 Å². The number of amides is 1. The van der Waals surface area contributed by atoms with Crippen molar-refractivity contribution in [1.29, 1.82) is 0 Å². The van der Waals surface area contributed by atoms with Crippen molar-refractivity contribution in [1.82, 2.24) is 9.80 Å². The number of nitrogens with two attached hydrogens (primary N) is 1. The van der Waals surface area contributed by atoms with Gasteiger partial charge >= 0.3 is 6.09 Å². The fraction of sp³-hybridized carbons (Fsp3) is 0.900. The number of carbonyl (C=O) groups is 1. The SMILES string of the molecule is NCC1COC(=O)N1CCN1CCCC1. The van der Waals surface area contributed by atoms with Gasteiger partial charge in [0.05, 0.1) is 6.04 Å². The molecule has 2 fully saturated rings. The van der Waals surface area contributed by atoms with Crippen molar-refractivity contribution in [3.63, 3.8) is 0 Å². The Kier molecular flexibility index (Phi) is 3.43. The number of likely N-dealkylation sites (tertiary alicyclic amines) is 1. The van der Waals surface area contributed by atoms with E-state index in [4.69, 9.17) is 10.5 Å². The molecule has 0 saturated carbocycles. The van der Waals surface area contributed by atoms with Crippen LogP contribution in [0, 0.1) is 0 Å². The average Bonchev–Trinajstić information content (AvgIpc) is 2.84. The van der Waals surface area contributed by atoms with Crippen molar-refractivity contribution >= 4 is 6.09 Å². The van der Waals surface area contributed by atoms with Crippen LogP contribution in [0.1, 0.15) is 12.8 Å². The van der Waals surface area contributed by atoms with Crippen LogP contribution in [0.15, 0.2) is 0 Å². The predicted octanol–water partition coefficient (Wildman–Crippen LogP) is -0.138. The van der Waals surface area contributed by atoms with Gasteiger partial charge in [-0.3, -0.25) is 4.90 Å². The quantitative estimate of drug-likeness (QED) is 0.706. The molecule has 2 saturated heterocycles. The average molecular weight is 213 g/mol. The molecule has 0 spiro atoms. The summed E-state index contributed by atoms with van der Waals surface area (Å²) in [5, 5.41) is 0. The van der Waals surface area contributed by atoms with Gasteiger partial charge in [-0.15, -0.1) is 0 Å². The van der Waals surface area contributed by atoms with Gasteiger partial charge in [-0.25, -0.2) is 4.79 Å². The Morgan fingerprint density at radius 2 is 2.07 bits per heavy atom. The fourth-order valence-corrected chi connectivity index (χ4v) is 2.21. The van der Waals surface area contributed by atoms with Crippen LogP contribution in [0.4, 0.5) is 4.79 Å². The number of ether oxygens (including phenoxy) is 1. The number of nitrogens with zero attached hydrogens (tertiary/aromatic N) is 2. The van der Waals surface area contributed by atoms with E-state index < -0.39 is 0 Å². The topological polar surface area (TPSA) is 58.8 Å². The highest BCUT2D eigenvalue weighted by Crippen LogP contribution is 2.12. The third-order valence-corrected chi connectivity index (χ3v) is 3.20. The van der Waals surface area contributed by atoms with Gasteiger partial charge in [-0.1, -0.05) is 0 Å². The zero-order chi connectivity index (χ0) is 10.7. The van der Waals surface area contributed by atoms with Crippen LogP contribution in [0.5, 0.6) is 0 Å². The molecular formula is C10H19N3O2. The van der Waals surface area contributed by atoms with E-state index in [0.29, 0.717) is 13.2 Å². The van der Waals surface area contributed by atoms with Crippen LogP contribution < -0.4 is 5.73 Å². The lowest BCUT2D eigenvalue weighted by Crippen LogP contribution is -2.42.